The molecule has 0 radical (unpaired) electrons. The second kappa shape index (κ2) is 3.74. The van der Waals surface area contributed by atoms with E-state index >= 15 is 0 Å². The van der Waals surface area contributed by atoms with Crippen molar-refractivity contribution in [2.75, 3.05) is 0 Å². The number of hydrogen-bond donors (Lipinski definition) is 0. The van der Waals surface area contributed by atoms with Crippen molar-refractivity contribution >= 4 is 11.6 Å². The first-order valence-corrected chi connectivity index (χ1v) is 5.35. The number of aromatic nitrogens is 1. The summed E-state index contributed by atoms with van der Waals surface area (Å²) in [4.78, 5) is 4.42. The van der Waals surface area contributed by atoms with Crippen molar-refractivity contribution in [2.45, 2.75) is 25.7 Å². The fraction of sp³-hybridized carbons (Fsp3) is 0.417. The topological polar surface area (TPSA) is 12.9 Å². The van der Waals surface area contributed by atoms with Crippen molar-refractivity contribution in [3.63, 3.8) is 0 Å². The molecule has 2 heteroatoms. The van der Waals surface area contributed by atoms with Gasteiger partial charge in [0.15, 0.2) is 0 Å². The van der Waals surface area contributed by atoms with Crippen LogP contribution in [0.3, 0.4) is 0 Å². The van der Waals surface area contributed by atoms with Crippen LogP contribution < -0.4 is 0 Å². The Kier molecular flexibility index (Phi) is 2.60. The summed E-state index contributed by atoms with van der Waals surface area (Å²) < 4.78 is 0. The molecule has 0 bridgehead atoms. The van der Waals surface area contributed by atoms with Gasteiger partial charge in [-0.1, -0.05) is 17.7 Å². The molecule has 0 aromatic carbocycles. The summed E-state index contributed by atoms with van der Waals surface area (Å²) in [5.74, 6) is 1.14. The highest BCUT2D eigenvalue weighted by molar-refractivity contribution is 6.31. The van der Waals surface area contributed by atoms with Gasteiger partial charge in [0.2, 0.25) is 0 Å². The molecule has 1 fully saturated rings. The zero-order valence-electron chi connectivity index (χ0n) is 8.33. The molecule has 74 valence electrons. The molecule has 1 nitrogen and oxygen atoms in total. The van der Waals surface area contributed by atoms with E-state index < -0.39 is 0 Å². The van der Waals surface area contributed by atoms with Crippen LogP contribution in [0.4, 0.5) is 0 Å². The van der Waals surface area contributed by atoms with Gasteiger partial charge in [-0.2, -0.15) is 0 Å². The Bertz CT molecular complexity index is 355. The average molecular weight is 208 g/mol. The molecule has 0 aliphatic heterocycles. The number of halogens is 1. The van der Waals surface area contributed by atoms with Crippen molar-refractivity contribution in [3.05, 3.63) is 41.2 Å². The Morgan fingerprint density at radius 1 is 1.64 bits per heavy atom. The molecular weight excluding hydrogens is 194 g/mol. The van der Waals surface area contributed by atoms with Gasteiger partial charge in [0.05, 0.1) is 5.69 Å². The number of rotatable bonds is 3. The van der Waals surface area contributed by atoms with E-state index in [-0.39, 0.29) is 0 Å². The fourth-order valence-corrected chi connectivity index (χ4v) is 2.00. The molecule has 2 rings (SSSR count). The van der Waals surface area contributed by atoms with E-state index in [1.54, 1.807) is 6.20 Å². The minimum atomic E-state index is 0.397. The highest BCUT2D eigenvalue weighted by Crippen LogP contribution is 2.43. The second-order valence-electron chi connectivity index (χ2n) is 3.90. The molecule has 1 aromatic heterocycles. The Morgan fingerprint density at radius 3 is 2.93 bits per heavy atom. The summed E-state index contributed by atoms with van der Waals surface area (Å²) in [5, 5.41) is 0.808. The van der Waals surface area contributed by atoms with Crippen molar-refractivity contribution in [3.8, 4) is 0 Å². The van der Waals surface area contributed by atoms with E-state index in [0.717, 1.165) is 22.2 Å². The average Bonchev–Trinajstić information content (AvgIpc) is 2.97. The third-order valence-corrected chi connectivity index (χ3v) is 3.29. The van der Waals surface area contributed by atoms with Crippen LogP contribution in [-0.2, 0) is 0 Å². The Balaban J connectivity index is 2.37. The zero-order valence-corrected chi connectivity index (χ0v) is 9.09. The summed E-state index contributed by atoms with van der Waals surface area (Å²) in [6.07, 6.45) is 6.38. The lowest BCUT2D eigenvalue weighted by molar-refractivity contribution is 0.700. The van der Waals surface area contributed by atoms with E-state index in [1.165, 1.54) is 12.8 Å². The van der Waals surface area contributed by atoms with Gasteiger partial charge >= 0.3 is 0 Å². The van der Waals surface area contributed by atoms with Crippen molar-refractivity contribution in [1.82, 2.24) is 4.98 Å². The minimum absolute atomic E-state index is 0.397. The zero-order chi connectivity index (χ0) is 10.1. The molecule has 0 amide bonds. The largest absolute Gasteiger partial charge is 0.260 e. The van der Waals surface area contributed by atoms with Gasteiger partial charge in [-0.15, -0.1) is 6.58 Å². The molecule has 1 heterocycles. The number of pyridine rings is 1. The molecule has 1 saturated carbocycles. The van der Waals surface area contributed by atoms with Gasteiger partial charge in [0, 0.05) is 17.1 Å². The third kappa shape index (κ3) is 1.69. The summed E-state index contributed by atoms with van der Waals surface area (Å²) in [5.41, 5.74) is 2.21. The molecule has 0 saturated heterocycles. The van der Waals surface area contributed by atoms with Gasteiger partial charge in [-0.3, -0.25) is 4.98 Å². The summed E-state index contributed by atoms with van der Waals surface area (Å²) >= 11 is 6.07. The van der Waals surface area contributed by atoms with Crippen LogP contribution in [-0.4, -0.2) is 4.98 Å². The van der Waals surface area contributed by atoms with Crippen molar-refractivity contribution in [2.24, 2.45) is 5.92 Å². The highest BCUT2D eigenvalue weighted by atomic mass is 35.5. The van der Waals surface area contributed by atoms with Crippen molar-refractivity contribution < 1.29 is 0 Å². The maximum absolute atomic E-state index is 6.07. The third-order valence-electron chi connectivity index (χ3n) is 2.88. The van der Waals surface area contributed by atoms with Gasteiger partial charge in [-0.05, 0) is 37.3 Å². The lowest BCUT2D eigenvalue weighted by Crippen LogP contribution is -2.03. The quantitative estimate of drug-likeness (QED) is 0.689. The number of hydrogen-bond acceptors (Lipinski definition) is 1. The molecule has 0 N–H and O–H groups in total. The smallest absolute Gasteiger partial charge is 0.0518 e. The molecule has 1 unspecified atom stereocenters. The van der Waals surface area contributed by atoms with Gasteiger partial charge in [-0.25, -0.2) is 0 Å². The summed E-state index contributed by atoms with van der Waals surface area (Å²) in [7, 11) is 0. The SMILES string of the molecule is C=CC(c1nccc(Cl)c1C)C1CC1. The van der Waals surface area contributed by atoms with E-state index in [2.05, 4.69) is 11.6 Å². The van der Waals surface area contributed by atoms with Gasteiger partial charge in [0.1, 0.15) is 0 Å². The van der Waals surface area contributed by atoms with E-state index in [1.807, 2.05) is 19.1 Å². The second-order valence-corrected chi connectivity index (χ2v) is 4.31. The maximum atomic E-state index is 6.07. The first kappa shape index (κ1) is 9.72. The van der Waals surface area contributed by atoms with E-state index in [4.69, 9.17) is 11.6 Å². The van der Waals surface area contributed by atoms with Gasteiger partial charge < -0.3 is 0 Å². The monoisotopic (exact) mass is 207 g/mol. The predicted molar refractivity (Wildman–Crippen MR) is 59.6 cm³/mol. The molecule has 1 aliphatic carbocycles. The highest BCUT2D eigenvalue weighted by Gasteiger charge is 2.32. The number of nitrogens with zero attached hydrogens (tertiary/aromatic N) is 1. The first-order chi connectivity index (χ1) is 6.74. The summed E-state index contributed by atoms with van der Waals surface area (Å²) in [6, 6.07) is 1.84. The first-order valence-electron chi connectivity index (χ1n) is 4.97. The predicted octanol–water partition coefficient (Wildman–Crippen LogP) is 3.72. The normalized spacial score (nSPS) is 17.9. The molecule has 1 aliphatic rings. The fourth-order valence-electron chi connectivity index (χ4n) is 1.85. The lowest BCUT2D eigenvalue weighted by atomic mass is 9.96. The summed E-state index contributed by atoms with van der Waals surface area (Å²) in [6.45, 7) is 5.92. The van der Waals surface area contributed by atoms with Crippen LogP contribution in [0.2, 0.25) is 5.02 Å². The van der Waals surface area contributed by atoms with Crippen molar-refractivity contribution in [1.29, 1.82) is 0 Å². The van der Waals surface area contributed by atoms with E-state index in [0.29, 0.717) is 5.92 Å². The van der Waals surface area contributed by atoms with Crippen LogP contribution in [0.15, 0.2) is 24.9 Å². The maximum Gasteiger partial charge on any atom is 0.0518 e. The molecule has 0 spiro atoms. The van der Waals surface area contributed by atoms with Gasteiger partial charge in [0.25, 0.3) is 0 Å². The Hall–Kier alpha value is -0.820. The van der Waals surface area contributed by atoms with Crippen LogP contribution in [0, 0.1) is 12.8 Å². The molecular formula is C12H14ClN. The molecule has 14 heavy (non-hydrogen) atoms. The standard InChI is InChI=1S/C12H14ClN/c1-3-10(9-4-5-9)12-8(2)11(13)6-7-14-12/h3,6-7,9-10H,1,4-5H2,2H3. The van der Waals surface area contributed by atoms with Crippen LogP contribution >= 0.6 is 11.6 Å². The van der Waals surface area contributed by atoms with Crippen LogP contribution in [0.5, 0.6) is 0 Å². The molecule has 1 atom stereocenters. The Morgan fingerprint density at radius 2 is 2.36 bits per heavy atom. The van der Waals surface area contributed by atoms with Crippen LogP contribution in [0.1, 0.15) is 30.0 Å². The minimum Gasteiger partial charge on any atom is -0.260 e. The number of allylic oxidation sites excluding steroid dienone is 1. The molecule has 1 aromatic rings. The van der Waals surface area contributed by atoms with Crippen LogP contribution in [0.25, 0.3) is 0 Å². The lowest BCUT2D eigenvalue weighted by Gasteiger charge is -2.13. The Labute approximate surface area is 89.8 Å². The van der Waals surface area contributed by atoms with E-state index in [9.17, 15) is 0 Å².